The number of benzene rings is 2. The molecule has 24 heavy (non-hydrogen) atoms. The monoisotopic (exact) mass is 346 g/mol. The minimum absolute atomic E-state index is 0.115. The Hall–Kier alpha value is -2.54. The molecule has 7 heteroatoms. The molecule has 3 aromatic rings. The van der Waals surface area contributed by atoms with Gasteiger partial charge in [-0.2, -0.15) is 0 Å². The molecule has 0 saturated heterocycles. The maximum absolute atomic E-state index is 12.8. The molecule has 126 valence electrons. The molecule has 0 fully saturated rings. The summed E-state index contributed by atoms with van der Waals surface area (Å²) in [4.78, 5) is 11.7. The Labute approximate surface area is 139 Å². The molecule has 1 aromatic heterocycles. The molecule has 0 saturated carbocycles. The van der Waals surface area contributed by atoms with Crippen molar-refractivity contribution in [1.29, 1.82) is 0 Å². The van der Waals surface area contributed by atoms with Crippen molar-refractivity contribution in [2.45, 2.75) is 25.7 Å². The number of nitrogens with zero attached hydrogens (tertiary/aromatic N) is 1. The Bertz CT molecular complexity index is 1110. The van der Waals surface area contributed by atoms with Gasteiger partial charge in [-0.15, -0.1) is 0 Å². The van der Waals surface area contributed by atoms with Gasteiger partial charge in [0, 0.05) is 12.7 Å². The highest BCUT2D eigenvalue weighted by molar-refractivity contribution is 7.92. The Morgan fingerprint density at radius 3 is 2.38 bits per heavy atom. The van der Waals surface area contributed by atoms with Crippen LogP contribution in [0.4, 0.5) is 5.69 Å². The van der Waals surface area contributed by atoms with Crippen LogP contribution in [0.15, 0.2) is 44.4 Å². The fraction of sp³-hybridized carbons (Fsp3) is 0.235. The molecule has 0 aliphatic rings. The molecule has 0 bridgehead atoms. The summed E-state index contributed by atoms with van der Waals surface area (Å²) in [6, 6.07) is 8.39. The van der Waals surface area contributed by atoms with Crippen molar-refractivity contribution in [1.82, 2.24) is 4.57 Å². The number of fused-ring (bicyclic) bond motifs is 1. The predicted octanol–water partition coefficient (Wildman–Crippen LogP) is 2.86. The van der Waals surface area contributed by atoms with Crippen LogP contribution >= 0.6 is 0 Å². The molecule has 0 radical (unpaired) electrons. The van der Waals surface area contributed by atoms with Crippen LogP contribution in [0, 0.1) is 20.8 Å². The number of anilines is 1. The lowest BCUT2D eigenvalue weighted by atomic mass is 10.1. The first-order valence-electron chi connectivity index (χ1n) is 7.39. The van der Waals surface area contributed by atoms with E-state index in [2.05, 4.69) is 4.72 Å². The molecule has 1 heterocycles. The molecular formula is C17H18N2O4S. The summed E-state index contributed by atoms with van der Waals surface area (Å²) in [6.45, 7) is 5.55. The topological polar surface area (TPSA) is 81.3 Å². The zero-order valence-electron chi connectivity index (χ0n) is 13.9. The number of hydrogen-bond acceptors (Lipinski definition) is 4. The van der Waals surface area contributed by atoms with Crippen LogP contribution in [0.25, 0.3) is 11.1 Å². The Morgan fingerprint density at radius 2 is 1.71 bits per heavy atom. The van der Waals surface area contributed by atoms with E-state index < -0.39 is 15.8 Å². The highest BCUT2D eigenvalue weighted by Crippen LogP contribution is 2.25. The molecule has 0 aliphatic carbocycles. The van der Waals surface area contributed by atoms with Gasteiger partial charge in [-0.25, -0.2) is 13.2 Å². The summed E-state index contributed by atoms with van der Waals surface area (Å²) in [5.74, 6) is -0.527. The summed E-state index contributed by atoms with van der Waals surface area (Å²) >= 11 is 0. The van der Waals surface area contributed by atoms with E-state index >= 15 is 0 Å². The van der Waals surface area contributed by atoms with Crippen LogP contribution in [-0.2, 0) is 17.1 Å². The van der Waals surface area contributed by atoms with Crippen LogP contribution in [-0.4, -0.2) is 13.0 Å². The van der Waals surface area contributed by atoms with Crippen molar-refractivity contribution in [2.75, 3.05) is 4.72 Å². The minimum Gasteiger partial charge on any atom is -0.408 e. The second-order valence-electron chi connectivity index (χ2n) is 5.92. The van der Waals surface area contributed by atoms with Crippen molar-refractivity contribution in [2.24, 2.45) is 7.05 Å². The zero-order chi connectivity index (χ0) is 17.6. The number of nitrogens with one attached hydrogen (secondary N) is 1. The van der Waals surface area contributed by atoms with Crippen molar-refractivity contribution in [3.05, 3.63) is 57.6 Å². The van der Waals surface area contributed by atoms with Gasteiger partial charge < -0.3 is 4.42 Å². The lowest BCUT2D eigenvalue weighted by Crippen LogP contribution is -2.15. The summed E-state index contributed by atoms with van der Waals surface area (Å²) < 4.78 is 34.5. The van der Waals surface area contributed by atoms with Gasteiger partial charge in [-0.05, 0) is 61.7 Å². The Kier molecular flexibility index (Phi) is 3.76. The fourth-order valence-electron chi connectivity index (χ4n) is 2.56. The van der Waals surface area contributed by atoms with Gasteiger partial charge in [0.1, 0.15) is 0 Å². The SMILES string of the molecule is Cc1ccc(NS(=O)(=O)c2cc3c(cc2C)oc(=O)n3C)cc1C. The average Bonchev–Trinajstić information content (AvgIpc) is 2.76. The number of oxazole rings is 1. The number of aryl methyl sites for hydroxylation is 4. The molecule has 0 spiro atoms. The highest BCUT2D eigenvalue weighted by atomic mass is 32.2. The summed E-state index contributed by atoms with van der Waals surface area (Å²) in [6.07, 6.45) is 0. The molecule has 1 N–H and O–H groups in total. The van der Waals surface area contributed by atoms with Gasteiger partial charge in [0.15, 0.2) is 5.58 Å². The van der Waals surface area contributed by atoms with E-state index in [1.54, 1.807) is 25.1 Å². The third-order valence-corrected chi connectivity index (χ3v) is 5.66. The first kappa shape index (κ1) is 16.3. The van der Waals surface area contributed by atoms with Crippen molar-refractivity contribution in [3.8, 4) is 0 Å². The Balaban J connectivity index is 2.10. The molecule has 2 aromatic carbocycles. The maximum Gasteiger partial charge on any atom is 0.419 e. The van der Waals surface area contributed by atoms with Crippen molar-refractivity contribution < 1.29 is 12.8 Å². The third-order valence-electron chi connectivity index (χ3n) is 4.14. The van der Waals surface area contributed by atoms with Gasteiger partial charge in [0.2, 0.25) is 0 Å². The number of sulfonamides is 1. The smallest absolute Gasteiger partial charge is 0.408 e. The van der Waals surface area contributed by atoms with Gasteiger partial charge in [-0.3, -0.25) is 9.29 Å². The first-order valence-corrected chi connectivity index (χ1v) is 8.87. The molecule has 0 amide bonds. The third kappa shape index (κ3) is 2.71. The number of aromatic nitrogens is 1. The van der Waals surface area contributed by atoms with E-state index in [0.29, 0.717) is 22.4 Å². The Morgan fingerprint density at radius 1 is 1.00 bits per heavy atom. The normalized spacial score (nSPS) is 11.8. The van der Waals surface area contributed by atoms with Gasteiger partial charge >= 0.3 is 5.76 Å². The van der Waals surface area contributed by atoms with Gasteiger partial charge in [0.05, 0.1) is 10.4 Å². The van der Waals surface area contributed by atoms with E-state index in [9.17, 15) is 13.2 Å². The van der Waals surface area contributed by atoms with E-state index in [-0.39, 0.29) is 4.90 Å². The van der Waals surface area contributed by atoms with E-state index in [1.807, 2.05) is 19.9 Å². The van der Waals surface area contributed by atoms with Crippen LogP contribution in [0.1, 0.15) is 16.7 Å². The van der Waals surface area contributed by atoms with Crippen LogP contribution in [0.2, 0.25) is 0 Å². The molecular weight excluding hydrogens is 328 g/mol. The van der Waals surface area contributed by atoms with Crippen LogP contribution < -0.4 is 10.5 Å². The van der Waals surface area contributed by atoms with Crippen LogP contribution in [0.5, 0.6) is 0 Å². The lowest BCUT2D eigenvalue weighted by molar-refractivity contribution is 0.528. The molecule has 0 atom stereocenters. The maximum atomic E-state index is 12.8. The molecule has 3 rings (SSSR count). The molecule has 0 aliphatic heterocycles. The quantitative estimate of drug-likeness (QED) is 0.791. The van der Waals surface area contributed by atoms with E-state index in [0.717, 1.165) is 11.1 Å². The van der Waals surface area contributed by atoms with E-state index in [4.69, 9.17) is 4.42 Å². The van der Waals surface area contributed by atoms with E-state index in [1.165, 1.54) is 17.7 Å². The average molecular weight is 346 g/mol. The molecule has 0 unspecified atom stereocenters. The largest absolute Gasteiger partial charge is 0.419 e. The minimum atomic E-state index is -3.78. The summed E-state index contributed by atoms with van der Waals surface area (Å²) in [7, 11) is -2.24. The zero-order valence-corrected chi connectivity index (χ0v) is 14.7. The standard InChI is InChI=1S/C17H18N2O4S/c1-10-5-6-13(7-11(10)2)18-24(21,22)16-9-14-15(8-12(16)3)23-17(20)19(14)4/h5-9,18H,1-4H3. The number of hydrogen-bond donors (Lipinski definition) is 1. The number of rotatable bonds is 3. The van der Waals surface area contributed by atoms with Gasteiger partial charge in [-0.1, -0.05) is 6.07 Å². The van der Waals surface area contributed by atoms with Crippen molar-refractivity contribution >= 4 is 26.8 Å². The summed E-state index contributed by atoms with van der Waals surface area (Å²) in [5.41, 5.74) is 3.90. The highest BCUT2D eigenvalue weighted by Gasteiger charge is 2.20. The predicted molar refractivity (Wildman–Crippen MR) is 92.9 cm³/mol. The lowest BCUT2D eigenvalue weighted by Gasteiger charge is -2.12. The fourth-order valence-corrected chi connectivity index (χ4v) is 3.86. The second kappa shape index (κ2) is 5.52. The summed E-state index contributed by atoms with van der Waals surface area (Å²) in [5, 5.41) is 0. The molecule has 6 nitrogen and oxygen atoms in total. The van der Waals surface area contributed by atoms with Gasteiger partial charge in [0.25, 0.3) is 10.0 Å². The first-order chi connectivity index (χ1) is 11.2. The second-order valence-corrected chi connectivity index (χ2v) is 7.57. The van der Waals surface area contributed by atoms with Crippen LogP contribution in [0.3, 0.4) is 0 Å². The van der Waals surface area contributed by atoms with Crippen molar-refractivity contribution in [3.63, 3.8) is 0 Å².